The molecule has 1 aliphatic rings. The van der Waals surface area contributed by atoms with E-state index in [-0.39, 0.29) is 6.10 Å². The normalized spacial score (nSPS) is 18.1. The van der Waals surface area contributed by atoms with E-state index in [1.54, 1.807) is 0 Å². The molecular weight excluding hydrogens is 266 g/mol. The number of rotatable bonds is 7. The highest BCUT2D eigenvalue weighted by molar-refractivity contribution is 8.00. The first kappa shape index (κ1) is 15.9. The van der Waals surface area contributed by atoms with Gasteiger partial charge >= 0.3 is 0 Å². The van der Waals surface area contributed by atoms with Crippen molar-refractivity contribution >= 4 is 11.8 Å². The Kier molecular flexibility index (Phi) is 6.91. The Morgan fingerprint density at radius 3 is 2.55 bits per heavy atom. The van der Waals surface area contributed by atoms with Crippen molar-refractivity contribution in [2.45, 2.75) is 61.7 Å². The Hall–Kier alpha value is -0.510. The first-order valence-corrected chi connectivity index (χ1v) is 8.83. The van der Waals surface area contributed by atoms with Crippen molar-refractivity contribution in [3.05, 3.63) is 29.8 Å². The van der Waals surface area contributed by atoms with Crippen molar-refractivity contribution in [3.63, 3.8) is 0 Å². The van der Waals surface area contributed by atoms with E-state index in [0.717, 1.165) is 30.3 Å². The van der Waals surface area contributed by atoms with Crippen LogP contribution in [0.1, 0.15) is 57.1 Å². The number of hydrogen-bond acceptors (Lipinski definition) is 3. The maximum Gasteiger partial charge on any atom is 0.0802 e. The van der Waals surface area contributed by atoms with E-state index in [9.17, 15) is 5.11 Å². The number of aliphatic hydroxyl groups is 1. The summed E-state index contributed by atoms with van der Waals surface area (Å²) in [5, 5.41) is 14.2. The second-order valence-electron chi connectivity index (χ2n) is 5.60. The lowest BCUT2D eigenvalue weighted by Gasteiger charge is -2.21. The molecule has 1 saturated carbocycles. The minimum atomic E-state index is -0.345. The number of hydrogen-bond donors (Lipinski definition) is 2. The summed E-state index contributed by atoms with van der Waals surface area (Å²) in [5.41, 5.74) is 1.04. The lowest BCUT2D eigenvalue weighted by Crippen LogP contribution is -2.16. The van der Waals surface area contributed by atoms with Crippen LogP contribution in [0.2, 0.25) is 0 Å². The Labute approximate surface area is 127 Å². The third-order valence-corrected chi connectivity index (χ3v) is 5.31. The molecular formula is C17H27NOS. The van der Waals surface area contributed by atoms with Crippen LogP contribution < -0.4 is 5.32 Å². The van der Waals surface area contributed by atoms with Gasteiger partial charge in [-0.25, -0.2) is 0 Å². The molecule has 2 nitrogen and oxygen atoms in total. The maximum absolute atomic E-state index is 10.1. The fourth-order valence-electron chi connectivity index (χ4n) is 2.73. The zero-order chi connectivity index (χ0) is 14.2. The SMILES string of the molecule is CCNCCC(O)c1ccc(SC2CCCCC2)cc1. The van der Waals surface area contributed by atoms with Gasteiger partial charge in [-0.05, 0) is 50.0 Å². The van der Waals surface area contributed by atoms with Crippen LogP contribution in [-0.4, -0.2) is 23.4 Å². The lowest BCUT2D eigenvalue weighted by atomic mass is 10.0. The smallest absolute Gasteiger partial charge is 0.0802 e. The van der Waals surface area contributed by atoms with Gasteiger partial charge in [-0.3, -0.25) is 0 Å². The van der Waals surface area contributed by atoms with Crippen molar-refractivity contribution in [1.82, 2.24) is 5.32 Å². The van der Waals surface area contributed by atoms with Gasteiger partial charge in [0, 0.05) is 10.1 Å². The standard InChI is InChI=1S/C17H27NOS/c1-2-18-13-12-17(19)14-8-10-16(11-9-14)20-15-6-4-3-5-7-15/h8-11,15,17-19H,2-7,12-13H2,1H3. The second kappa shape index (κ2) is 8.71. The van der Waals surface area contributed by atoms with Gasteiger partial charge in [0.05, 0.1) is 6.10 Å². The van der Waals surface area contributed by atoms with Crippen molar-refractivity contribution in [3.8, 4) is 0 Å². The van der Waals surface area contributed by atoms with Crippen LogP contribution in [0.5, 0.6) is 0 Å². The molecule has 1 unspecified atom stereocenters. The topological polar surface area (TPSA) is 32.3 Å². The van der Waals surface area contributed by atoms with Gasteiger partial charge in [-0.15, -0.1) is 11.8 Å². The van der Waals surface area contributed by atoms with E-state index < -0.39 is 0 Å². The molecule has 1 aromatic rings. The third-order valence-electron chi connectivity index (χ3n) is 3.96. The summed E-state index contributed by atoms with van der Waals surface area (Å²) in [6.45, 7) is 3.92. The van der Waals surface area contributed by atoms with Crippen LogP contribution in [0.3, 0.4) is 0 Å². The molecule has 1 aliphatic carbocycles. The van der Waals surface area contributed by atoms with Crippen LogP contribution in [0.15, 0.2) is 29.2 Å². The average Bonchev–Trinajstić information content (AvgIpc) is 2.49. The van der Waals surface area contributed by atoms with Crippen molar-refractivity contribution in [2.24, 2.45) is 0 Å². The van der Waals surface area contributed by atoms with Gasteiger partial charge in [0.1, 0.15) is 0 Å². The molecule has 0 radical (unpaired) electrons. The van der Waals surface area contributed by atoms with Crippen LogP contribution in [0, 0.1) is 0 Å². The summed E-state index contributed by atoms with van der Waals surface area (Å²) in [5.74, 6) is 0. The predicted octanol–water partition coefficient (Wildman–Crippen LogP) is 4.14. The predicted molar refractivity (Wildman–Crippen MR) is 87.3 cm³/mol. The quantitative estimate of drug-likeness (QED) is 0.741. The molecule has 0 bridgehead atoms. The zero-order valence-corrected chi connectivity index (χ0v) is 13.3. The summed E-state index contributed by atoms with van der Waals surface area (Å²) in [4.78, 5) is 1.35. The summed E-state index contributed by atoms with van der Waals surface area (Å²) in [6.07, 6.45) is 7.34. The Morgan fingerprint density at radius 2 is 1.90 bits per heavy atom. The first-order chi connectivity index (χ1) is 9.79. The summed E-state index contributed by atoms with van der Waals surface area (Å²) < 4.78 is 0. The van der Waals surface area contributed by atoms with Gasteiger partial charge in [-0.2, -0.15) is 0 Å². The first-order valence-electron chi connectivity index (χ1n) is 7.95. The van der Waals surface area contributed by atoms with Crippen LogP contribution in [-0.2, 0) is 0 Å². The lowest BCUT2D eigenvalue weighted by molar-refractivity contribution is 0.167. The van der Waals surface area contributed by atoms with E-state index in [2.05, 4.69) is 36.5 Å². The molecule has 0 aromatic heterocycles. The van der Waals surface area contributed by atoms with Crippen LogP contribution in [0.25, 0.3) is 0 Å². The van der Waals surface area contributed by atoms with E-state index in [1.807, 2.05) is 11.8 Å². The van der Waals surface area contributed by atoms with E-state index in [1.165, 1.54) is 37.0 Å². The largest absolute Gasteiger partial charge is 0.388 e. The molecule has 2 N–H and O–H groups in total. The number of nitrogens with one attached hydrogen (secondary N) is 1. The number of thioether (sulfide) groups is 1. The summed E-state index contributed by atoms with van der Waals surface area (Å²) in [7, 11) is 0. The van der Waals surface area contributed by atoms with Gasteiger partial charge in [0.15, 0.2) is 0 Å². The molecule has 3 heteroatoms. The average molecular weight is 293 g/mol. The van der Waals surface area contributed by atoms with Crippen molar-refractivity contribution < 1.29 is 5.11 Å². The minimum Gasteiger partial charge on any atom is -0.388 e. The molecule has 0 amide bonds. The second-order valence-corrected chi connectivity index (χ2v) is 6.98. The van der Waals surface area contributed by atoms with Gasteiger partial charge < -0.3 is 10.4 Å². The molecule has 0 saturated heterocycles. The molecule has 1 fully saturated rings. The van der Waals surface area contributed by atoms with Gasteiger partial charge in [0.25, 0.3) is 0 Å². The third kappa shape index (κ3) is 5.12. The van der Waals surface area contributed by atoms with E-state index in [0.29, 0.717) is 0 Å². The molecule has 0 spiro atoms. The number of benzene rings is 1. The zero-order valence-electron chi connectivity index (χ0n) is 12.5. The highest BCUT2D eigenvalue weighted by Crippen LogP contribution is 2.34. The highest BCUT2D eigenvalue weighted by atomic mass is 32.2. The Balaban J connectivity index is 1.82. The summed E-state index contributed by atoms with van der Waals surface area (Å²) in [6, 6.07) is 8.51. The molecule has 1 aromatic carbocycles. The fourth-order valence-corrected chi connectivity index (χ4v) is 3.97. The van der Waals surface area contributed by atoms with Gasteiger partial charge in [0.2, 0.25) is 0 Å². The fraction of sp³-hybridized carbons (Fsp3) is 0.647. The Morgan fingerprint density at radius 1 is 1.20 bits per heavy atom. The van der Waals surface area contributed by atoms with E-state index in [4.69, 9.17) is 0 Å². The number of aliphatic hydroxyl groups excluding tert-OH is 1. The highest BCUT2D eigenvalue weighted by Gasteiger charge is 2.14. The van der Waals surface area contributed by atoms with E-state index >= 15 is 0 Å². The van der Waals surface area contributed by atoms with Crippen LogP contribution in [0.4, 0.5) is 0 Å². The molecule has 112 valence electrons. The minimum absolute atomic E-state index is 0.345. The molecule has 2 rings (SSSR count). The monoisotopic (exact) mass is 293 g/mol. The molecule has 20 heavy (non-hydrogen) atoms. The van der Waals surface area contributed by atoms with Gasteiger partial charge in [-0.1, -0.05) is 38.3 Å². The van der Waals surface area contributed by atoms with Crippen molar-refractivity contribution in [2.75, 3.05) is 13.1 Å². The van der Waals surface area contributed by atoms with Crippen LogP contribution >= 0.6 is 11.8 Å². The maximum atomic E-state index is 10.1. The molecule has 1 atom stereocenters. The Bertz CT molecular complexity index is 373. The summed E-state index contributed by atoms with van der Waals surface area (Å²) >= 11 is 2.01. The molecule has 0 heterocycles. The van der Waals surface area contributed by atoms with Crippen molar-refractivity contribution in [1.29, 1.82) is 0 Å². The molecule has 0 aliphatic heterocycles.